The summed E-state index contributed by atoms with van der Waals surface area (Å²) in [6.45, 7) is 1.68. The fourth-order valence-corrected chi connectivity index (χ4v) is 2.06. The molecular formula is C11H7F2N3S. The summed E-state index contributed by atoms with van der Waals surface area (Å²) >= 11 is 1.04. The summed E-state index contributed by atoms with van der Waals surface area (Å²) in [5, 5.41) is 12.0. The lowest BCUT2D eigenvalue weighted by atomic mass is 10.2. The van der Waals surface area contributed by atoms with Crippen LogP contribution in [0.5, 0.6) is 0 Å². The van der Waals surface area contributed by atoms with Crippen molar-refractivity contribution < 1.29 is 8.78 Å². The molecule has 0 atom stereocenters. The number of hydrogen-bond acceptors (Lipinski definition) is 4. The number of anilines is 2. The molecule has 0 amide bonds. The van der Waals surface area contributed by atoms with E-state index in [2.05, 4.69) is 9.69 Å². The van der Waals surface area contributed by atoms with Crippen molar-refractivity contribution in [3.05, 3.63) is 41.1 Å². The molecule has 1 heterocycles. The van der Waals surface area contributed by atoms with Crippen LogP contribution in [0.1, 0.15) is 11.3 Å². The van der Waals surface area contributed by atoms with Crippen LogP contribution in [0.4, 0.5) is 19.5 Å². The molecule has 0 spiro atoms. The van der Waals surface area contributed by atoms with E-state index in [4.69, 9.17) is 5.26 Å². The molecule has 1 N–H and O–H groups in total. The smallest absolute Gasteiger partial charge is 0.146 e. The molecule has 1 aromatic carbocycles. The van der Waals surface area contributed by atoms with Gasteiger partial charge in [-0.2, -0.15) is 9.64 Å². The first-order valence-electron chi connectivity index (χ1n) is 4.70. The Bertz CT molecular complexity index is 601. The molecule has 2 rings (SSSR count). The largest absolute Gasteiger partial charge is 0.342 e. The number of benzene rings is 1. The Morgan fingerprint density at radius 3 is 2.88 bits per heavy atom. The van der Waals surface area contributed by atoms with Crippen molar-refractivity contribution >= 4 is 22.2 Å². The zero-order valence-electron chi connectivity index (χ0n) is 8.79. The lowest BCUT2D eigenvalue weighted by molar-refractivity contribution is 0.604. The highest BCUT2D eigenvalue weighted by atomic mass is 32.1. The summed E-state index contributed by atoms with van der Waals surface area (Å²) in [7, 11) is 0. The summed E-state index contributed by atoms with van der Waals surface area (Å²) in [5.41, 5.74) is 0.903. The van der Waals surface area contributed by atoms with E-state index in [1.807, 2.05) is 6.07 Å². The van der Waals surface area contributed by atoms with Gasteiger partial charge in [0.05, 0.1) is 11.4 Å². The molecule has 0 aliphatic carbocycles. The molecule has 17 heavy (non-hydrogen) atoms. The maximum Gasteiger partial charge on any atom is 0.146 e. The van der Waals surface area contributed by atoms with E-state index in [1.54, 1.807) is 6.92 Å². The minimum atomic E-state index is -0.582. The normalized spacial score (nSPS) is 10.0. The topological polar surface area (TPSA) is 48.7 Å². The van der Waals surface area contributed by atoms with Crippen molar-refractivity contribution in [2.24, 2.45) is 0 Å². The lowest BCUT2D eigenvalue weighted by Crippen LogP contribution is -1.94. The van der Waals surface area contributed by atoms with Crippen LogP contribution < -0.4 is 5.32 Å². The molecule has 3 nitrogen and oxygen atoms in total. The summed E-state index contributed by atoms with van der Waals surface area (Å²) in [5.74, 6) is -1.13. The second kappa shape index (κ2) is 4.47. The Hall–Kier alpha value is -2.00. The molecule has 0 saturated carbocycles. The van der Waals surface area contributed by atoms with Crippen LogP contribution in [0.15, 0.2) is 18.2 Å². The highest BCUT2D eigenvalue weighted by molar-refractivity contribution is 7.10. The van der Waals surface area contributed by atoms with Crippen molar-refractivity contribution in [3.8, 4) is 6.07 Å². The Balaban J connectivity index is 2.38. The van der Waals surface area contributed by atoms with Crippen molar-refractivity contribution in [1.82, 2.24) is 4.37 Å². The zero-order valence-corrected chi connectivity index (χ0v) is 9.61. The number of hydrogen-bond donors (Lipinski definition) is 1. The van der Waals surface area contributed by atoms with Crippen LogP contribution >= 0.6 is 11.5 Å². The van der Waals surface area contributed by atoms with Crippen LogP contribution in [0.3, 0.4) is 0 Å². The molecular weight excluding hydrogens is 244 g/mol. The third kappa shape index (κ3) is 2.24. The second-order valence-corrected chi connectivity index (χ2v) is 4.11. The van der Waals surface area contributed by atoms with Gasteiger partial charge in [0.1, 0.15) is 28.3 Å². The Kier molecular flexibility index (Phi) is 3.02. The second-order valence-electron chi connectivity index (χ2n) is 3.33. The van der Waals surface area contributed by atoms with Gasteiger partial charge in [-0.15, -0.1) is 0 Å². The third-order valence-corrected chi connectivity index (χ3v) is 3.01. The molecule has 0 aliphatic heterocycles. The van der Waals surface area contributed by atoms with E-state index in [0.717, 1.165) is 29.7 Å². The van der Waals surface area contributed by atoms with E-state index in [0.29, 0.717) is 16.3 Å². The molecule has 0 unspecified atom stereocenters. The van der Waals surface area contributed by atoms with Gasteiger partial charge in [-0.05, 0) is 30.6 Å². The lowest BCUT2D eigenvalue weighted by Gasteiger charge is -2.05. The molecule has 0 radical (unpaired) electrons. The molecule has 2 aromatic rings. The first-order valence-corrected chi connectivity index (χ1v) is 5.47. The first kappa shape index (κ1) is 11.5. The van der Waals surface area contributed by atoms with Crippen molar-refractivity contribution in [2.45, 2.75) is 6.92 Å². The van der Waals surface area contributed by atoms with Gasteiger partial charge in [0.2, 0.25) is 0 Å². The Morgan fingerprint density at radius 2 is 2.18 bits per heavy atom. The Morgan fingerprint density at radius 1 is 1.41 bits per heavy atom. The number of aryl methyl sites for hydroxylation is 1. The summed E-state index contributed by atoms with van der Waals surface area (Å²) in [6, 6.07) is 5.06. The Labute approximate surface area is 100 Å². The number of rotatable bonds is 2. The number of nitrogens with one attached hydrogen (secondary N) is 1. The number of nitrogens with zero attached hydrogens (tertiary/aromatic N) is 2. The maximum atomic E-state index is 13.4. The van der Waals surface area contributed by atoms with Gasteiger partial charge >= 0.3 is 0 Å². The highest BCUT2D eigenvalue weighted by Gasteiger charge is 2.12. The van der Waals surface area contributed by atoms with Crippen LogP contribution in [0.25, 0.3) is 0 Å². The maximum absolute atomic E-state index is 13.4. The van der Waals surface area contributed by atoms with Crippen LogP contribution in [0.2, 0.25) is 0 Å². The van der Waals surface area contributed by atoms with E-state index >= 15 is 0 Å². The SMILES string of the molecule is Cc1nsc(Nc2cc(F)ccc2F)c1C#N. The average Bonchev–Trinajstić information content (AvgIpc) is 2.64. The molecule has 0 fully saturated rings. The summed E-state index contributed by atoms with van der Waals surface area (Å²) < 4.78 is 30.3. The molecule has 0 aliphatic rings. The number of nitriles is 1. The minimum absolute atomic E-state index is 0.00912. The zero-order chi connectivity index (χ0) is 12.4. The van der Waals surface area contributed by atoms with Crippen molar-refractivity contribution in [1.29, 1.82) is 5.26 Å². The van der Waals surface area contributed by atoms with Crippen LogP contribution in [-0.4, -0.2) is 4.37 Å². The molecule has 0 bridgehead atoms. The van der Waals surface area contributed by atoms with Crippen LogP contribution in [0, 0.1) is 29.9 Å². The quantitative estimate of drug-likeness (QED) is 0.890. The average molecular weight is 251 g/mol. The molecule has 1 aromatic heterocycles. The van der Waals surface area contributed by atoms with Crippen molar-refractivity contribution in [3.63, 3.8) is 0 Å². The van der Waals surface area contributed by atoms with Gasteiger partial charge in [-0.25, -0.2) is 8.78 Å². The predicted octanol–water partition coefficient (Wildman–Crippen LogP) is 3.35. The van der Waals surface area contributed by atoms with E-state index in [-0.39, 0.29) is 5.69 Å². The van der Waals surface area contributed by atoms with Gasteiger partial charge in [0, 0.05) is 6.07 Å². The predicted molar refractivity (Wildman–Crippen MR) is 61.2 cm³/mol. The first-order chi connectivity index (χ1) is 8.11. The van der Waals surface area contributed by atoms with Gasteiger partial charge < -0.3 is 5.32 Å². The molecule has 0 saturated heterocycles. The van der Waals surface area contributed by atoms with E-state index in [1.165, 1.54) is 0 Å². The summed E-state index contributed by atoms with van der Waals surface area (Å²) in [4.78, 5) is 0. The standard InChI is InChI=1S/C11H7F2N3S/c1-6-8(5-14)11(17-16-6)15-10-4-7(12)2-3-9(10)13/h2-4,15H,1H3. The van der Waals surface area contributed by atoms with Gasteiger partial charge in [0.15, 0.2) is 0 Å². The fraction of sp³-hybridized carbons (Fsp3) is 0.0909. The number of aromatic nitrogens is 1. The van der Waals surface area contributed by atoms with Crippen LogP contribution in [-0.2, 0) is 0 Å². The fourth-order valence-electron chi connectivity index (χ4n) is 1.30. The summed E-state index contributed by atoms with van der Waals surface area (Å²) in [6.07, 6.45) is 0. The minimum Gasteiger partial charge on any atom is -0.342 e. The van der Waals surface area contributed by atoms with Gasteiger partial charge in [-0.3, -0.25) is 0 Å². The monoisotopic (exact) mass is 251 g/mol. The van der Waals surface area contributed by atoms with E-state index in [9.17, 15) is 8.78 Å². The van der Waals surface area contributed by atoms with Gasteiger partial charge in [0.25, 0.3) is 0 Å². The third-order valence-electron chi connectivity index (χ3n) is 2.15. The number of halogens is 2. The molecule has 86 valence electrons. The van der Waals surface area contributed by atoms with Crippen molar-refractivity contribution in [2.75, 3.05) is 5.32 Å². The van der Waals surface area contributed by atoms with E-state index < -0.39 is 11.6 Å². The molecule has 6 heteroatoms. The highest BCUT2D eigenvalue weighted by Crippen LogP contribution is 2.28. The van der Waals surface area contributed by atoms with Gasteiger partial charge in [-0.1, -0.05) is 0 Å².